The molecule has 1 aliphatic heterocycles. The van der Waals surface area contributed by atoms with Crippen LogP contribution in [0.2, 0.25) is 5.02 Å². The highest BCUT2D eigenvalue weighted by molar-refractivity contribution is 6.33. The average molecular weight is 212 g/mol. The summed E-state index contributed by atoms with van der Waals surface area (Å²) in [6.07, 6.45) is 0.973. The third-order valence-corrected chi connectivity index (χ3v) is 2.77. The maximum atomic E-state index is 11.0. The molecule has 1 atom stereocenters. The van der Waals surface area contributed by atoms with Crippen molar-refractivity contribution in [1.82, 2.24) is 5.32 Å². The van der Waals surface area contributed by atoms with Gasteiger partial charge in [-0.3, -0.25) is 0 Å². The zero-order valence-electron chi connectivity index (χ0n) is 7.46. The number of rotatable bonds is 2. The fourth-order valence-electron chi connectivity index (χ4n) is 1.61. The highest BCUT2D eigenvalue weighted by atomic mass is 35.5. The number of hydrogen-bond acceptors (Lipinski definition) is 2. The Morgan fingerprint density at radius 3 is 2.79 bits per heavy atom. The van der Waals surface area contributed by atoms with Crippen molar-refractivity contribution in [3.63, 3.8) is 0 Å². The second-order valence-electron chi connectivity index (χ2n) is 3.30. The molecule has 14 heavy (non-hydrogen) atoms. The summed E-state index contributed by atoms with van der Waals surface area (Å²) in [5, 5.41) is 12.5. The first-order valence-corrected chi connectivity index (χ1v) is 4.83. The van der Waals surface area contributed by atoms with Gasteiger partial charge in [0.1, 0.15) is 0 Å². The van der Waals surface area contributed by atoms with E-state index >= 15 is 0 Å². The monoisotopic (exact) mass is 211 g/mol. The maximum Gasteiger partial charge on any atom is 0.337 e. The number of hydrogen-bond donors (Lipinski definition) is 2. The van der Waals surface area contributed by atoms with Gasteiger partial charge in [0.25, 0.3) is 0 Å². The van der Waals surface area contributed by atoms with Crippen molar-refractivity contribution >= 4 is 17.6 Å². The molecular formula is C10H10ClNO2. The Morgan fingerprint density at radius 1 is 1.57 bits per heavy atom. The molecule has 1 fully saturated rings. The average Bonchev–Trinajstić information content (AvgIpc) is 1.99. The van der Waals surface area contributed by atoms with Crippen molar-refractivity contribution in [3.8, 4) is 0 Å². The van der Waals surface area contributed by atoms with Crippen LogP contribution < -0.4 is 5.32 Å². The van der Waals surface area contributed by atoms with Crippen molar-refractivity contribution in [2.24, 2.45) is 0 Å². The minimum atomic E-state index is -0.959. The number of carbonyl (C=O) groups is 1. The maximum absolute atomic E-state index is 11.0. The van der Waals surface area contributed by atoms with Crippen LogP contribution in [0.1, 0.15) is 28.4 Å². The molecule has 2 rings (SSSR count). The van der Waals surface area contributed by atoms with Crippen LogP contribution in [0.4, 0.5) is 0 Å². The van der Waals surface area contributed by atoms with Gasteiger partial charge in [-0.1, -0.05) is 23.7 Å². The molecule has 1 aromatic carbocycles. The van der Waals surface area contributed by atoms with Crippen molar-refractivity contribution < 1.29 is 9.90 Å². The Kier molecular flexibility index (Phi) is 2.44. The summed E-state index contributed by atoms with van der Waals surface area (Å²) < 4.78 is 0. The Morgan fingerprint density at radius 2 is 2.29 bits per heavy atom. The molecule has 0 unspecified atom stereocenters. The van der Waals surface area contributed by atoms with Gasteiger partial charge in [-0.05, 0) is 24.6 Å². The molecular weight excluding hydrogens is 202 g/mol. The molecule has 0 aliphatic carbocycles. The van der Waals surface area contributed by atoms with Gasteiger partial charge >= 0.3 is 5.97 Å². The van der Waals surface area contributed by atoms with E-state index in [0.717, 1.165) is 18.5 Å². The topological polar surface area (TPSA) is 49.3 Å². The Balaban J connectivity index is 2.46. The third kappa shape index (κ3) is 1.49. The first-order chi connectivity index (χ1) is 6.70. The SMILES string of the molecule is O=C(O)c1c(Cl)cccc1[C@@H]1CCN1. The van der Waals surface area contributed by atoms with Crippen LogP contribution in [0, 0.1) is 0 Å². The zero-order valence-corrected chi connectivity index (χ0v) is 8.21. The van der Waals surface area contributed by atoms with Gasteiger partial charge in [-0.15, -0.1) is 0 Å². The molecule has 1 saturated heterocycles. The Labute approximate surface area is 86.7 Å². The standard InChI is InChI=1S/C10H10ClNO2/c11-7-3-1-2-6(8-4-5-12-8)9(7)10(13)14/h1-3,8,12H,4-5H2,(H,13,14)/t8-/m0/s1. The summed E-state index contributed by atoms with van der Waals surface area (Å²) in [5.41, 5.74) is 1.02. The largest absolute Gasteiger partial charge is 0.478 e. The minimum Gasteiger partial charge on any atom is -0.478 e. The molecule has 0 aromatic heterocycles. The van der Waals surface area contributed by atoms with Crippen LogP contribution in [-0.2, 0) is 0 Å². The highest BCUT2D eigenvalue weighted by Gasteiger charge is 2.25. The smallest absolute Gasteiger partial charge is 0.337 e. The van der Waals surface area contributed by atoms with Crippen LogP contribution in [0.5, 0.6) is 0 Å². The first kappa shape index (κ1) is 9.49. The van der Waals surface area contributed by atoms with Gasteiger partial charge in [0.2, 0.25) is 0 Å². The van der Waals surface area contributed by atoms with Gasteiger partial charge in [0.15, 0.2) is 0 Å². The van der Waals surface area contributed by atoms with Crippen molar-refractivity contribution in [2.45, 2.75) is 12.5 Å². The molecule has 1 aliphatic rings. The van der Waals surface area contributed by atoms with Crippen LogP contribution in [0.25, 0.3) is 0 Å². The van der Waals surface area contributed by atoms with Crippen molar-refractivity contribution in [2.75, 3.05) is 6.54 Å². The van der Waals surface area contributed by atoms with Gasteiger partial charge < -0.3 is 10.4 Å². The van der Waals surface area contributed by atoms with E-state index in [1.165, 1.54) is 0 Å². The number of aromatic carboxylic acids is 1. The normalized spacial score (nSPS) is 20.2. The fourth-order valence-corrected chi connectivity index (χ4v) is 1.87. The van der Waals surface area contributed by atoms with Crippen LogP contribution in [0.3, 0.4) is 0 Å². The molecule has 74 valence electrons. The Bertz CT molecular complexity index is 374. The predicted octanol–water partition coefficient (Wildman–Crippen LogP) is 2.07. The number of carboxylic acid groups (broad SMARTS) is 1. The van der Waals surface area contributed by atoms with Gasteiger partial charge in [-0.25, -0.2) is 4.79 Å². The van der Waals surface area contributed by atoms with E-state index in [1.54, 1.807) is 12.1 Å². The number of nitrogens with one attached hydrogen (secondary N) is 1. The lowest BCUT2D eigenvalue weighted by Gasteiger charge is -2.29. The van der Waals surface area contributed by atoms with Gasteiger partial charge in [0.05, 0.1) is 10.6 Å². The third-order valence-electron chi connectivity index (χ3n) is 2.46. The molecule has 0 amide bonds. The summed E-state index contributed by atoms with van der Waals surface area (Å²) in [7, 11) is 0. The first-order valence-electron chi connectivity index (χ1n) is 4.45. The molecule has 0 radical (unpaired) electrons. The quantitative estimate of drug-likeness (QED) is 0.788. The lowest BCUT2D eigenvalue weighted by atomic mass is 9.93. The molecule has 3 nitrogen and oxygen atoms in total. The van der Waals surface area contributed by atoms with Crippen LogP contribution >= 0.6 is 11.6 Å². The second-order valence-corrected chi connectivity index (χ2v) is 3.71. The molecule has 0 bridgehead atoms. The molecule has 1 heterocycles. The van der Waals surface area contributed by atoms with E-state index in [0.29, 0.717) is 5.02 Å². The summed E-state index contributed by atoms with van der Waals surface area (Å²) >= 11 is 5.84. The van der Waals surface area contributed by atoms with E-state index in [4.69, 9.17) is 16.7 Å². The number of benzene rings is 1. The lowest BCUT2D eigenvalue weighted by molar-refractivity contribution is 0.0694. The van der Waals surface area contributed by atoms with E-state index in [1.807, 2.05) is 6.07 Å². The molecule has 0 spiro atoms. The van der Waals surface area contributed by atoms with E-state index in [2.05, 4.69) is 5.32 Å². The van der Waals surface area contributed by atoms with Crippen molar-refractivity contribution in [3.05, 3.63) is 34.3 Å². The summed E-state index contributed by atoms with van der Waals surface area (Å²) in [5.74, 6) is -0.959. The van der Waals surface area contributed by atoms with E-state index in [-0.39, 0.29) is 11.6 Å². The number of halogens is 1. The van der Waals surface area contributed by atoms with Gasteiger partial charge in [-0.2, -0.15) is 0 Å². The molecule has 1 aromatic rings. The minimum absolute atomic E-state index is 0.153. The second kappa shape index (κ2) is 3.59. The number of carboxylic acids is 1. The molecule has 4 heteroatoms. The van der Waals surface area contributed by atoms with E-state index < -0.39 is 5.97 Å². The summed E-state index contributed by atoms with van der Waals surface area (Å²) in [6.45, 7) is 0.941. The molecule has 0 saturated carbocycles. The van der Waals surface area contributed by atoms with Gasteiger partial charge in [0, 0.05) is 6.04 Å². The Hall–Kier alpha value is -1.06. The van der Waals surface area contributed by atoms with Crippen molar-refractivity contribution in [1.29, 1.82) is 0 Å². The lowest BCUT2D eigenvalue weighted by Crippen LogP contribution is -2.36. The van der Waals surface area contributed by atoms with E-state index in [9.17, 15) is 4.79 Å². The summed E-state index contributed by atoms with van der Waals surface area (Å²) in [6, 6.07) is 5.35. The van der Waals surface area contributed by atoms with Crippen LogP contribution in [0.15, 0.2) is 18.2 Å². The van der Waals surface area contributed by atoms with Crippen LogP contribution in [-0.4, -0.2) is 17.6 Å². The zero-order chi connectivity index (χ0) is 10.1. The fraction of sp³-hybridized carbons (Fsp3) is 0.300. The summed E-state index contributed by atoms with van der Waals surface area (Å²) in [4.78, 5) is 11.0. The predicted molar refractivity (Wildman–Crippen MR) is 53.8 cm³/mol. The molecule has 2 N–H and O–H groups in total. The highest BCUT2D eigenvalue weighted by Crippen LogP contribution is 2.30.